The van der Waals surface area contributed by atoms with Gasteiger partial charge in [0.05, 0.1) is 17.4 Å². The molecule has 1 rings (SSSR count). The van der Waals surface area contributed by atoms with Crippen LogP contribution in [-0.2, 0) is 25.7 Å². The summed E-state index contributed by atoms with van der Waals surface area (Å²) in [4.78, 5) is 12.2. The molecule has 2 atom stereocenters. The molecule has 19 heavy (non-hydrogen) atoms. The zero-order valence-electron chi connectivity index (χ0n) is 12.2. The van der Waals surface area contributed by atoms with Crippen molar-refractivity contribution in [1.82, 2.24) is 0 Å². The summed E-state index contributed by atoms with van der Waals surface area (Å²) in [5, 5.41) is -0.638. The zero-order valence-corrected chi connectivity index (χ0v) is 13.0. The molecule has 2 unspecified atom stereocenters. The number of esters is 1. The van der Waals surface area contributed by atoms with E-state index in [9.17, 15) is 9.00 Å². The van der Waals surface area contributed by atoms with Crippen molar-refractivity contribution in [3.05, 3.63) is 29.8 Å². The number of ether oxygens (including phenoxy) is 1. The number of hydrogen-bond donors (Lipinski definition) is 0. The van der Waals surface area contributed by atoms with Gasteiger partial charge in [-0.05, 0) is 37.0 Å². The van der Waals surface area contributed by atoms with Crippen LogP contribution in [0.2, 0.25) is 0 Å². The molecule has 0 aromatic heterocycles. The fourth-order valence-electron chi connectivity index (χ4n) is 1.64. The van der Waals surface area contributed by atoms with Crippen molar-refractivity contribution in [2.24, 2.45) is 0 Å². The molecule has 0 saturated heterocycles. The van der Waals surface area contributed by atoms with Crippen LogP contribution in [0.15, 0.2) is 29.2 Å². The van der Waals surface area contributed by atoms with Crippen LogP contribution in [0.5, 0.6) is 0 Å². The second kappa shape index (κ2) is 6.33. The maximum Gasteiger partial charge on any atom is 0.321 e. The molecule has 0 N–H and O–H groups in total. The lowest BCUT2D eigenvalue weighted by Gasteiger charge is -2.19. The van der Waals surface area contributed by atoms with Gasteiger partial charge in [0.25, 0.3) is 0 Å². The first-order valence-corrected chi connectivity index (χ1v) is 7.66. The van der Waals surface area contributed by atoms with Gasteiger partial charge in [-0.3, -0.25) is 9.00 Å². The van der Waals surface area contributed by atoms with Crippen molar-refractivity contribution < 1.29 is 13.7 Å². The van der Waals surface area contributed by atoms with Crippen molar-refractivity contribution >= 4 is 16.8 Å². The minimum Gasteiger partial charge on any atom is -0.465 e. The minimum atomic E-state index is -1.37. The summed E-state index contributed by atoms with van der Waals surface area (Å²) >= 11 is 0. The molecule has 0 fully saturated rings. The first-order chi connectivity index (χ1) is 8.77. The highest BCUT2D eigenvalue weighted by molar-refractivity contribution is 7.86. The maximum atomic E-state index is 12.2. The fraction of sp³-hybridized carbons (Fsp3) is 0.533. The van der Waals surface area contributed by atoms with E-state index >= 15 is 0 Å². The number of carbonyl (C=O) groups is 1. The lowest BCUT2D eigenvalue weighted by molar-refractivity contribution is -0.142. The van der Waals surface area contributed by atoms with Gasteiger partial charge in [0.2, 0.25) is 0 Å². The van der Waals surface area contributed by atoms with Crippen LogP contribution in [0.3, 0.4) is 0 Å². The van der Waals surface area contributed by atoms with Gasteiger partial charge >= 0.3 is 5.97 Å². The Hall–Kier alpha value is -1.16. The van der Waals surface area contributed by atoms with E-state index in [4.69, 9.17) is 4.74 Å². The fourth-order valence-corrected chi connectivity index (χ4v) is 2.70. The summed E-state index contributed by atoms with van der Waals surface area (Å²) in [7, 11) is -1.37. The molecule has 0 spiro atoms. The van der Waals surface area contributed by atoms with Crippen molar-refractivity contribution in [2.45, 2.75) is 50.2 Å². The summed E-state index contributed by atoms with van der Waals surface area (Å²) in [6, 6.07) is 7.58. The SMILES string of the molecule is CCOC(=O)C(C)S(=O)c1ccc(C(C)(C)C)cc1. The normalized spacial score (nSPS) is 14.8. The topological polar surface area (TPSA) is 43.4 Å². The first kappa shape index (κ1) is 15.9. The maximum absolute atomic E-state index is 12.2. The Bertz CT molecular complexity index is 457. The number of carbonyl (C=O) groups excluding carboxylic acids is 1. The molecule has 0 amide bonds. The van der Waals surface area contributed by atoms with E-state index in [-0.39, 0.29) is 5.41 Å². The second-order valence-electron chi connectivity index (χ2n) is 5.47. The van der Waals surface area contributed by atoms with Gasteiger partial charge in [0.15, 0.2) is 0 Å². The van der Waals surface area contributed by atoms with Crippen LogP contribution < -0.4 is 0 Å². The summed E-state index contributed by atoms with van der Waals surface area (Å²) in [5.41, 5.74) is 1.24. The highest BCUT2D eigenvalue weighted by atomic mass is 32.2. The van der Waals surface area contributed by atoms with Gasteiger partial charge in [0, 0.05) is 4.90 Å². The second-order valence-corrected chi connectivity index (χ2v) is 7.24. The highest BCUT2D eigenvalue weighted by Gasteiger charge is 2.23. The van der Waals surface area contributed by atoms with E-state index in [1.807, 2.05) is 24.3 Å². The average Bonchev–Trinajstić information content (AvgIpc) is 2.36. The molecule has 1 aromatic carbocycles. The largest absolute Gasteiger partial charge is 0.465 e. The molecule has 106 valence electrons. The summed E-state index contributed by atoms with van der Waals surface area (Å²) in [6.45, 7) is 10.1. The van der Waals surface area contributed by atoms with E-state index in [1.54, 1.807) is 13.8 Å². The molecule has 0 aliphatic heterocycles. The highest BCUT2D eigenvalue weighted by Crippen LogP contribution is 2.23. The Kier molecular flexibility index (Phi) is 5.29. The quantitative estimate of drug-likeness (QED) is 0.797. The van der Waals surface area contributed by atoms with Gasteiger partial charge in [-0.1, -0.05) is 32.9 Å². The molecule has 3 nitrogen and oxygen atoms in total. The predicted octanol–water partition coefficient (Wildman–Crippen LogP) is 3.04. The molecular weight excluding hydrogens is 260 g/mol. The van der Waals surface area contributed by atoms with E-state index in [2.05, 4.69) is 20.8 Å². The smallest absolute Gasteiger partial charge is 0.321 e. The Morgan fingerprint density at radius 3 is 2.21 bits per heavy atom. The van der Waals surface area contributed by atoms with Gasteiger partial charge in [0.1, 0.15) is 5.25 Å². The van der Waals surface area contributed by atoms with Crippen molar-refractivity contribution in [3.8, 4) is 0 Å². The third-order valence-corrected chi connectivity index (χ3v) is 4.46. The molecule has 0 heterocycles. The summed E-state index contributed by atoms with van der Waals surface area (Å²) in [6.07, 6.45) is 0. The van der Waals surface area contributed by atoms with Crippen molar-refractivity contribution in [2.75, 3.05) is 6.61 Å². The molecule has 4 heteroatoms. The van der Waals surface area contributed by atoms with Crippen molar-refractivity contribution in [3.63, 3.8) is 0 Å². The Labute approximate surface area is 117 Å². The Balaban J connectivity index is 2.87. The minimum absolute atomic E-state index is 0.0623. The van der Waals surface area contributed by atoms with Crippen LogP contribution in [0.4, 0.5) is 0 Å². The van der Waals surface area contributed by atoms with Crippen LogP contribution in [-0.4, -0.2) is 22.0 Å². The van der Waals surface area contributed by atoms with Crippen LogP contribution >= 0.6 is 0 Å². The van der Waals surface area contributed by atoms with Crippen LogP contribution in [0.1, 0.15) is 40.2 Å². The van der Waals surface area contributed by atoms with E-state index < -0.39 is 22.0 Å². The number of rotatable bonds is 4. The monoisotopic (exact) mass is 282 g/mol. The first-order valence-electron chi connectivity index (χ1n) is 6.45. The van der Waals surface area contributed by atoms with Crippen LogP contribution in [0.25, 0.3) is 0 Å². The molecule has 1 aromatic rings. The molecule has 0 bridgehead atoms. The van der Waals surface area contributed by atoms with E-state index in [0.717, 1.165) is 0 Å². The van der Waals surface area contributed by atoms with Gasteiger partial charge in [-0.25, -0.2) is 0 Å². The standard InChI is InChI=1S/C15H22O3S/c1-6-18-14(16)11(2)19(17)13-9-7-12(8-10-13)15(3,4)5/h7-11H,6H2,1-5H3. The lowest BCUT2D eigenvalue weighted by Crippen LogP contribution is -2.25. The third-order valence-electron chi connectivity index (χ3n) is 2.89. The van der Waals surface area contributed by atoms with E-state index in [1.165, 1.54) is 5.56 Å². The van der Waals surface area contributed by atoms with Gasteiger partial charge in [-0.15, -0.1) is 0 Å². The summed E-state index contributed by atoms with van der Waals surface area (Å²) in [5.74, 6) is -0.416. The molecule has 0 aliphatic carbocycles. The molecule has 0 aliphatic rings. The van der Waals surface area contributed by atoms with Gasteiger partial charge < -0.3 is 4.74 Å². The summed E-state index contributed by atoms with van der Waals surface area (Å²) < 4.78 is 17.1. The number of hydrogen-bond acceptors (Lipinski definition) is 3. The van der Waals surface area contributed by atoms with E-state index in [0.29, 0.717) is 11.5 Å². The average molecular weight is 282 g/mol. The third kappa shape index (κ3) is 4.16. The molecule has 0 saturated carbocycles. The van der Waals surface area contributed by atoms with Gasteiger partial charge in [-0.2, -0.15) is 0 Å². The predicted molar refractivity (Wildman–Crippen MR) is 77.6 cm³/mol. The molecular formula is C15H22O3S. The molecule has 0 radical (unpaired) electrons. The van der Waals surface area contributed by atoms with Crippen molar-refractivity contribution in [1.29, 1.82) is 0 Å². The Morgan fingerprint density at radius 1 is 1.26 bits per heavy atom. The lowest BCUT2D eigenvalue weighted by atomic mass is 9.87. The number of benzene rings is 1. The van der Waals surface area contributed by atoms with Crippen LogP contribution in [0, 0.1) is 0 Å². The Morgan fingerprint density at radius 2 is 1.79 bits per heavy atom. The zero-order chi connectivity index (χ0) is 14.6.